The normalized spacial score (nSPS) is 21.7. The van der Waals surface area contributed by atoms with E-state index in [1.165, 1.54) is 24.0 Å². The average Bonchev–Trinajstić information content (AvgIpc) is 2.63. The molecule has 0 unspecified atom stereocenters. The van der Waals surface area contributed by atoms with Gasteiger partial charge in [-0.1, -0.05) is 31.2 Å². The Morgan fingerprint density at radius 3 is 2.28 bits per heavy atom. The van der Waals surface area contributed by atoms with E-state index in [4.69, 9.17) is 5.73 Å². The molecule has 0 aliphatic carbocycles. The van der Waals surface area contributed by atoms with Gasteiger partial charge in [-0.25, -0.2) is 4.99 Å². The quantitative estimate of drug-likeness (QED) is 0.649. The molecule has 0 saturated carbocycles. The molecule has 0 atom stereocenters. The third-order valence-electron chi connectivity index (χ3n) is 5.52. The van der Waals surface area contributed by atoms with Gasteiger partial charge in [-0.05, 0) is 42.7 Å². The molecule has 5 nitrogen and oxygen atoms in total. The van der Waals surface area contributed by atoms with Crippen molar-refractivity contribution in [2.45, 2.75) is 51.8 Å². The molecule has 2 heterocycles. The molecule has 2 fully saturated rings. The fourth-order valence-corrected chi connectivity index (χ4v) is 3.60. The molecule has 0 aromatic heterocycles. The Labute approximate surface area is 151 Å². The van der Waals surface area contributed by atoms with E-state index in [9.17, 15) is 5.11 Å². The van der Waals surface area contributed by atoms with Crippen LogP contribution in [0.2, 0.25) is 0 Å². The minimum atomic E-state index is -0.106. The van der Waals surface area contributed by atoms with E-state index in [1.54, 1.807) is 0 Å². The molecule has 0 bridgehead atoms. The molecule has 25 heavy (non-hydrogen) atoms. The predicted octanol–water partition coefficient (Wildman–Crippen LogP) is 2.19. The monoisotopic (exact) mass is 344 g/mol. The van der Waals surface area contributed by atoms with Gasteiger partial charge in [-0.15, -0.1) is 0 Å². The van der Waals surface area contributed by atoms with E-state index in [0.717, 1.165) is 51.5 Å². The standard InChI is InChI=1S/C20H32N4O/c1-16-6-12-24(13-7-16)20(21)22-14-17-2-4-18(5-3-17)15-23-10-8-19(25)9-11-23/h2-5,16,19,25H,6-15H2,1H3,(H2,21,22). The Kier molecular flexibility index (Phi) is 6.32. The first-order valence-corrected chi connectivity index (χ1v) is 9.63. The summed E-state index contributed by atoms with van der Waals surface area (Å²) < 4.78 is 0. The van der Waals surface area contributed by atoms with E-state index in [2.05, 4.69) is 46.0 Å². The van der Waals surface area contributed by atoms with Gasteiger partial charge < -0.3 is 15.7 Å². The highest BCUT2D eigenvalue weighted by Crippen LogP contribution is 2.16. The van der Waals surface area contributed by atoms with Crippen molar-refractivity contribution < 1.29 is 5.11 Å². The fourth-order valence-electron chi connectivity index (χ4n) is 3.60. The van der Waals surface area contributed by atoms with Crippen LogP contribution in [0.15, 0.2) is 29.3 Å². The maximum Gasteiger partial charge on any atom is 0.191 e. The van der Waals surface area contributed by atoms with E-state index in [0.29, 0.717) is 12.5 Å². The van der Waals surface area contributed by atoms with Crippen molar-refractivity contribution in [1.29, 1.82) is 0 Å². The largest absolute Gasteiger partial charge is 0.393 e. The van der Waals surface area contributed by atoms with E-state index in [1.807, 2.05) is 0 Å². The molecule has 1 aromatic carbocycles. The summed E-state index contributed by atoms with van der Waals surface area (Å²) in [4.78, 5) is 9.20. The lowest BCUT2D eigenvalue weighted by atomic mass is 10.00. The number of nitrogens with two attached hydrogens (primary N) is 1. The molecular weight excluding hydrogens is 312 g/mol. The molecule has 0 amide bonds. The lowest BCUT2D eigenvalue weighted by Crippen LogP contribution is -2.42. The summed E-state index contributed by atoms with van der Waals surface area (Å²) in [5.41, 5.74) is 8.68. The summed E-state index contributed by atoms with van der Waals surface area (Å²) in [6.07, 6.45) is 4.09. The number of likely N-dealkylation sites (tertiary alicyclic amines) is 2. The zero-order chi connectivity index (χ0) is 17.6. The van der Waals surface area contributed by atoms with Gasteiger partial charge in [0, 0.05) is 32.7 Å². The number of aliphatic hydroxyl groups is 1. The van der Waals surface area contributed by atoms with Gasteiger partial charge in [0.1, 0.15) is 0 Å². The molecule has 2 saturated heterocycles. The Bertz CT molecular complexity index is 556. The number of hydrogen-bond donors (Lipinski definition) is 2. The number of piperidine rings is 2. The first-order valence-electron chi connectivity index (χ1n) is 9.63. The zero-order valence-electron chi connectivity index (χ0n) is 15.4. The highest BCUT2D eigenvalue weighted by atomic mass is 16.3. The molecule has 2 aliphatic rings. The highest BCUT2D eigenvalue weighted by molar-refractivity contribution is 5.78. The van der Waals surface area contributed by atoms with Crippen molar-refractivity contribution in [2.75, 3.05) is 26.2 Å². The van der Waals surface area contributed by atoms with E-state index in [-0.39, 0.29) is 6.10 Å². The van der Waals surface area contributed by atoms with Crippen molar-refractivity contribution in [3.63, 3.8) is 0 Å². The number of benzene rings is 1. The smallest absolute Gasteiger partial charge is 0.191 e. The van der Waals surface area contributed by atoms with Crippen molar-refractivity contribution in [1.82, 2.24) is 9.80 Å². The van der Waals surface area contributed by atoms with Gasteiger partial charge in [0.15, 0.2) is 5.96 Å². The second-order valence-electron chi connectivity index (χ2n) is 7.67. The predicted molar refractivity (Wildman–Crippen MR) is 102 cm³/mol. The van der Waals surface area contributed by atoms with Crippen LogP contribution < -0.4 is 5.73 Å². The van der Waals surface area contributed by atoms with Gasteiger partial charge in [0.05, 0.1) is 12.6 Å². The molecule has 2 aliphatic heterocycles. The van der Waals surface area contributed by atoms with Crippen molar-refractivity contribution >= 4 is 5.96 Å². The Morgan fingerprint density at radius 2 is 1.64 bits per heavy atom. The van der Waals surface area contributed by atoms with Crippen LogP contribution in [-0.2, 0) is 13.1 Å². The van der Waals surface area contributed by atoms with Gasteiger partial charge in [0.2, 0.25) is 0 Å². The van der Waals surface area contributed by atoms with E-state index >= 15 is 0 Å². The fraction of sp³-hybridized carbons (Fsp3) is 0.650. The molecule has 5 heteroatoms. The number of aliphatic hydroxyl groups excluding tert-OH is 1. The van der Waals surface area contributed by atoms with Gasteiger partial charge in [-0.2, -0.15) is 0 Å². The number of aliphatic imine (C=N–C) groups is 1. The molecule has 0 radical (unpaired) electrons. The lowest BCUT2D eigenvalue weighted by Gasteiger charge is -2.31. The first kappa shape index (κ1) is 18.2. The maximum atomic E-state index is 9.59. The van der Waals surface area contributed by atoms with Crippen LogP contribution >= 0.6 is 0 Å². The zero-order valence-corrected chi connectivity index (χ0v) is 15.4. The van der Waals surface area contributed by atoms with Crippen molar-refractivity contribution in [3.05, 3.63) is 35.4 Å². The number of rotatable bonds is 4. The maximum absolute atomic E-state index is 9.59. The lowest BCUT2D eigenvalue weighted by molar-refractivity contribution is 0.0792. The summed E-state index contributed by atoms with van der Waals surface area (Å²) in [5, 5.41) is 9.59. The summed E-state index contributed by atoms with van der Waals surface area (Å²) in [7, 11) is 0. The van der Waals surface area contributed by atoms with Gasteiger partial charge >= 0.3 is 0 Å². The number of nitrogens with zero attached hydrogens (tertiary/aromatic N) is 3. The van der Waals surface area contributed by atoms with E-state index < -0.39 is 0 Å². The van der Waals surface area contributed by atoms with Crippen LogP contribution in [0.25, 0.3) is 0 Å². The molecule has 1 aromatic rings. The minimum Gasteiger partial charge on any atom is -0.393 e. The van der Waals surface area contributed by atoms with Crippen molar-refractivity contribution in [3.8, 4) is 0 Å². The molecule has 3 N–H and O–H groups in total. The molecule has 3 rings (SSSR count). The van der Waals surface area contributed by atoms with Crippen LogP contribution in [0, 0.1) is 5.92 Å². The van der Waals surface area contributed by atoms with Gasteiger partial charge in [0.25, 0.3) is 0 Å². The molecular formula is C20H32N4O. The highest BCUT2D eigenvalue weighted by Gasteiger charge is 2.17. The number of guanidine groups is 1. The summed E-state index contributed by atoms with van der Waals surface area (Å²) in [5.74, 6) is 1.49. The Hall–Kier alpha value is -1.59. The summed E-state index contributed by atoms with van der Waals surface area (Å²) in [6.45, 7) is 7.94. The topological polar surface area (TPSA) is 65.1 Å². The van der Waals surface area contributed by atoms with Crippen LogP contribution in [0.4, 0.5) is 0 Å². The van der Waals surface area contributed by atoms with Crippen LogP contribution in [0.3, 0.4) is 0 Å². The average molecular weight is 345 g/mol. The Morgan fingerprint density at radius 1 is 1.04 bits per heavy atom. The van der Waals surface area contributed by atoms with Crippen molar-refractivity contribution in [2.24, 2.45) is 16.6 Å². The summed E-state index contributed by atoms with van der Waals surface area (Å²) in [6, 6.07) is 8.69. The SMILES string of the molecule is CC1CCN(C(N)=NCc2ccc(CN3CCC(O)CC3)cc2)CC1. The third-order valence-corrected chi connectivity index (χ3v) is 5.52. The van der Waals surface area contributed by atoms with Crippen LogP contribution in [0.5, 0.6) is 0 Å². The molecule has 0 spiro atoms. The van der Waals surface area contributed by atoms with Gasteiger partial charge in [-0.3, -0.25) is 4.90 Å². The molecule has 138 valence electrons. The Balaban J connectivity index is 1.48. The summed E-state index contributed by atoms with van der Waals surface area (Å²) >= 11 is 0. The second-order valence-corrected chi connectivity index (χ2v) is 7.67. The first-order chi connectivity index (χ1) is 12.1. The van der Waals surface area contributed by atoms with Crippen LogP contribution in [-0.4, -0.2) is 53.1 Å². The van der Waals surface area contributed by atoms with Crippen LogP contribution in [0.1, 0.15) is 43.7 Å². The minimum absolute atomic E-state index is 0.106. The third kappa shape index (κ3) is 5.44. The second kappa shape index (κ2) is 8.68. The number of hydrogen-bond acceptors (Lipinski definition) is 3.